The Bertz CT molecular complexity index is 1050. The van der Waals surface area contributed by atoms with Gasteiger partial charge in [-0.1, -0.05) is 0 Å². The summed E-state index contributed by atoms with van der Waals surface area (Å²) >= 11 is 0. The standard InChI is InChI=1S/C22H21F3N2O2/c1-11(28)22(29)26-16-6-12(7-16)8-17-18-9-15(24)10-19(25)21(18)27-20(17)13-2-4-14(23)5-3-13/h2-5,9-12,16,27-28H,6-8H2,1H3,(H,26,29). The first-order valence-corrected chi connectivity index (χ1v) is 9.55. The number of carbonyl (C=O) groups is 1. The molecular weight excluding hydrogens is 381 g/mol. The first-order valence-electron chi connectivity index (χ1n) is 9.55. The smallest absolute Gasteiger partial charge is 0.248 e. The van der Waals surface area contributed by atoms with E-state index in [-0.39, 0.29) is 23.3 Å². The highest BCUT2D eigenvalue weighted by Gasteiger charge is 2.32. The third-order valence-corrected chi connectivity index (χ3v) is 5.52. The summed E-state index contributed by atoms with van der Waals surface area (Å²) in [6, 6.07) is 7.98. The van der Waals surface area contributed by atoms with Crippen molar-refractivity contribution in [1.82, 2.24) is 10.3 Å². The van der Waals surface area contributed by atoms with Crippen LogP contribution in [0.2, 0.25) is 0 Å². The Balaban J connectivity index is 1.63. The van der Waals surface area contributed by atoms with E-state index in [4.69, 9.17) is 0 Å². The van der Waals surface area contributed by atoms with Gasteiger partial charge in [0.05, 0.1) is 5.52 Å². The van der Waals surface area contributed by atoms with Crippen molar-refractivity contribution in [3.63, 3.8) is 0 Å². The highest BCUT2D eigenvalue weighted by Crippen LogP contribution is 2.38. The SMILES string of the molecule is CC(O)C(=O)NC1CC(Cc2c(-c3ccc(F)cc3)[nH]c3c(F)cc(F)cc23)C1. The Morgan fingerprint density at radius 1 is 1.17 bits per heavy atom. The maximum atomic E-state index is 14.3. The lowest BCUT2D eigenvalue weighted by Crippen LogP contribution is -2.47. The summed E-state index contributed by atoms with van der Waals surface area (Å²) in [5.41, 5.74) is 2.32. The van der Waals surface area contributed by atoms with Crippen LogP contribution in [0.15, 0.2) is 36.4 Å². The van der Waals surface area contributed by atoms with Crippen molar-refractivity contribution >= 4 is 16.8 Å². The zero-order chi connectivity index (χ0) is 20.7. The van der Waals surface area contributed by atoms with E-state index >= 15 is 0 Å². The summed E-state index contributed by atoms with van der Waals surface area (Å²) < 4.78 is 41.5. The van der Waals surface area contributed by atoms with Crippen molar-refractivity contribution in [2.24, 2.45) is 5.92 Å². The average molecular weight is 402 g/mol. The van der Waals surface area contributed by atoms with Crippen LogP contribution in [0, 0.1) is 23.4 Å². The van der Waals surface area contributed by atoms with Gasteiger partial charge in [0.25, 0.3) is 0 Å². The van der Waals surface area contributed by atoms with Crippen molar-refractivity contribution in [1.29, 1.82) is 0 Å². The molecule has 1 atom stereocenters. The molecule has 29 heavy (non-hydrogen) atoms. The lowest BCUT2D eigenvalue weighted by molar-refractivity contribution is -0.130. The quantitative estimate of drug-likeness (QED) is 0.602. The summed E-state index contributed by atoms with van der Waals surface area (Å²) in [4.78, 5) is 14.6. The topological polar surface area (TPSA) is 65.1 Å². The molecule has 3 N–H and O–H groups in total. The summed E-state index contributed by atoms with van der Waals surface area (Å²) in [5, 5.41) is 12.5. The predicted octanol–water partition coefficient (Wildman–Crippen LogP) is 4.07. The van der Waals surface area contributed by atoms with Gasteiger partial charge in [-0.3, -0.25) is 4.79 Å². The molecule has 0 aliphatic heterocycles. The van der Waals surface area contributed by atoms with Crippen LogP contribution in [0.5, 0.6) is 0 Å². The van der Waals surface area contributed by atoms with Gasteiger partial charge in [0, 0.05) is 23.2 Å². The number of aromatic nitrogens is 1. The molecule has 2 aromatic carbocycles. The molecular formula is C22H21F3N2O2. The first-order chi connectivity index (χ1) is 13.8. The number of aliphatic hydroxyl groups excluding tert-OH is 1. The predicted molar refractivity (Wildman–Crippen MR) is 104 cm³/mol. The molecule has 0 bridgehead atoms. The highest BCUT2D eigenvalue weighted by molar-refractivity contribution is 5.91. The van der Waals surface area contributed by atoms with E-state index in [0.29, 0.717) is 35.9 Å². The minimum Gasteiger partial charge on any atom is -0.384 e. The van der Waals surface area contributed by atoms with E-state index in [9.17, 15) is 23.1 Å². The van der Waals surface area contributed by atoms with Crippen LogP contribution in [0.4, 0.5) is 13.2 Å². The number of fused-ring (bicyclic) bond motifs is 1. The minimum absolute atomic E-state index is 0.0185. The fraction of sp³-hybridized carbons (Fsp3) is 0.318. The van der Waals surface area contributed by atoms with Gasteiger partial charge in [-0.05, 0) is 73.6 Å². The summed E-state index contributed by atoms with van der Waals surface area (Å²) in [6.45, 7) is 1.41. The minimum atomic E-state index is -1.06. The van der Waals surface area contributed by atoms with E-state index in [0.717, 1.165) is 11.6 Å². The maximum absolute atomic E-state index is 14.3. The van der Waals surface area contributed by atoms with E-state index in [2.05, 4.69) is 10.3 Å². The van der Waals surface area contributed by atoms with Gasteiger partial charge in [0.1, 0.15) is 23.6 Å². The first kappa shape index (κ1) is 19.5. The molecule has 1 saturated carbocycles. The zero-order valence-corrected chi connectivity index (χ0v) is 15.8. The molecule has 4 rings (SSSR count). The molecule has 1 fully saturated rings. The van der Waals surface area contributed by atoms with Gasteiger partial charge in [-0.25, -0.2) is 13.2 Å². The second kappa shape index (κ2) is 7.55. The monoisotopic (exact) mass is 402 g/mol. The summed E-state index contributed by atoms with van der Waals surface area (Å²) in [7, 11) is 0. The van der Waals surface area contributed by atoms with E-state index in [1.807, 2.05) is 0 Å². The van der Waals surface area contributed by atoms with Crippen molar-refractivity contribution in [3.8, 4) is 11.3 Å². The molecule has 0 spiro atoms. The van der Waals surface area contributed by atoms with Crippen molar-refractivity contribution in [3.05, 3.63) is 59.4 Å². The third kappa shape index (κ3) is 3.87. The molecule has 1 unspecified atom stereocenters. The summed E-state index contributed by atoms with van der Waals surface area (Å²) in [6.07, 6.45) is 0.938. The molecule has 1 aromatic heterocycles. The van der Waals surface area contributed by atoms with Crippen LogP contribution in [0.3, 0.4) is 0 Å². The number of halogens is 3. The molecule has 4 nitrogen and oxygen atoms in total. The van der Waals surface area contributed by atoms with Crippen LogP contribution in [-0.2, 0) is 11.2 Å². The number of benzene rings is 2. The Labute approximate surface area is 165 Å². The van der Waals surface area contributed by atoms with E-state index < -0.39 is 23.6 Å². The van der Waals surface area contributed by atoms with Crippen LogP contribution >= 0.6 is 0 Å². The molecule has 1 amide bonds. The maximum Gasteiger partial charge on any atom is 0.248 e. The average Bonchev–Trinajstić information content (AvgIpc) is 2.99. The number of H-pyrrole nitrogens is 1. The van der Waals surface area contributed by atoms with Crippen molar-refractivity contribution in [2.75, 3.05) is 0 Å². The molecule has 1 heterocycles. The molecule has 1 aliphatic rings. The lowest BCUT2D eigenvalue weighted by atomic mass is 9.76. The number of rotatable bonds is 5. The Morgan fingerprint density at radius 2 is 1.86 bits per heavy atom. The van der Waals surface area contributed by atoms with Crippen LogP contribution in [0.1, 0.15) is 25.3 Å². The number of nitrogens with one attached hydrogen (secondary N) is 2. The van der Waals surface area contributed by atoms with Gasteiger partial charge in [0.15, 0.2) is 0 Å². The largest absolute Gasteiger partial charge is 0.384 e. The van der Waals surface area contributed by atoms with E-state index in [1.165, 1.54) is 25.1 Å². The number of amides is 1. The number of hydrogen-bond donors (Lipinski definition) is 3. The van der Waals surface area contributed by atoms with Gasteiger partial charge in [-0.15, -0.1) is 0 Å². The molecule has 0 radical (unpaired) electrons. The van der Waals surface area contributed by atoms with Crippen LogP contribution in [-0.4, -0.2) is 28.1 Å². The van der Waals surface area contributed by atoms with Crippen molar-refractivity contribution in [2.45, 2.75) is 38.3 Å². The second-order valence-corrected chi connectivity index (χ2v) is 7.72. The normalized spacial score (nSPS) is 19.8. The highest BCUT2D eigenvalue weighted by atomic mass is 19.1. The van der Waals surface area contributed by atoms with Gasteiger partial charge in [-0.2, -0.15) is 0 Å². The second-order valence-electron chi connectivity index (χ2n) is 7.72. The number of aromatic amines is 1. The number of carbonyl (C=O) groups excluding carboxylic acids is 1. The molecule has 152 valence electrons. The van der Waals surface area contributed by atoms with E-state index in [1.54, 1.807) is 12.1 Å². The van der Waals surface area contributed by atoms with Crippen LogP contribution in [0.25, 0.3) is 22.2 Å². The molecule has 3 aromatic rings. The molecule has 1 aliphatic carbocycles. The zero-order valence-electron chi connectivity index (χ0n) is 15.8. The Kier molecular flexibility index (Phi) is 5.08. The Hall–Kier alpha value is -2.80. The fourth-order valence-corrected chi connectivity index (χ4v) is 3.98. The van der Waals surface area contributed by atoms with Gasteiger partial charge in [0.2, 0.25) is 5.91 Å². The Morgan fingerprint density at radius 3 is 2.52 bits per heavy atom. The van der Waals surface area contributed by atoms with Gasteiger partial charge < -0.3 is 15.4 Å². The van der Waals surface area contributed by atoms with Gasteiger partial charge >= 0.3 is 0 Å². The lowest BCUT2D eigenvalue weighted by Gasteiger charge is -2.36. The number of hydrogen-bond acceptors (Lipinski definition) is 2. The molecule has 7 heteroatoms. The molecule has 0 saturated heterocycles. The van der Waals surface area contributed by atoms with Crippen LogP contribution < -0.4 is 5.32 Å². The third-order valence-electron chi connectivity index (χ3n) is 5.52. The number of aliphatic hydroxyl groups is 1. The fourth-order valence-electron chi connectivity index (χ4n) is 3.98. The summed E-state index contributed by atoms with van der Waals surface area (Å²) in [5.74, 6) is -1.89. The van der Waals surface area contributed by atoms with Crippen molar-refractivity contribution < 1.29 is 23.1 Å².